The highest BCUT2D eigenvalue weighted by Crippen LogP contribution is 2.07. The summed E-state index contributed by atoms with van der Waals surface area (Å²) in [7, 11) is 0. The van der Waals surface area contributed by atoms with Gasteiger partial charge in [-0.15, -0.1) is 0 Å². The summed E-state index contributed by atoms with van der Waals surface area (Å²) in [5.74, 6) is -1.27. The van der Waals surface area contributed by atoms with Gasteiger partial charge in [0.1, 0.15) is 0 Å². The van der Waals surface area contributed by atoms with Crippen molar-refractivity contribution >= 4 is 18.1 Å². The zero-order chi connectivity index (χ0) is 15.1. The Labute approximate surface area is 119 Å². The van der Waals surface area contributed by atoms with Gasteiger partial charge in [0, 0.05) is 12.6 Å². The lowest BCUT2D eigenvalue weighted by Gasteiger charge is -2.24. The minimum Gasteiger partial charge on any atom is -0.347 e. The van der Waals surface area contributed by atoms with Crippen molar-refractivity contribution in [2.45, 2.75) is 39.4 Å². The summed E-state index contributed by atoms with van der Waals surface area (Å²) in [6.07, 6.45) is 0.595. The van der Waals surface area contributed by atoms with Crippen LogP contribution in [0.3, 0.4) is 0 Å². The second-order valence-electron chi connectivity index (χ2n) is 4.93. The molecule has 0 fully saturated rings. The number of hydrogen-bond donors (Lipinski definition) is 1. The maximum atomic E-state index is 12.0. The first-order chi connectivity index (χ1) is 9.45. The average molecular weight is 276 g/mol. The van der Waals surface area contributed by atoms with E-state index in [1.165, 1.54) is 4.90 Å². The van der Waals surface area contributed by atoms with Crippen molar-refractivity contribution < 1.29 is 14.4 Å². The molecule has 0 aliphatic rings. The van der Waals surface area contributed by atoms with Crippen LogP contribution in [0, 0.1) is 0 Å². The van der Waals surface area contributed by atoms with E-state index in [0.29, 0.717) is 13.0 Å². The van der Waals surface area contributed by atoms with E-state index in [1.807, 2.05) is 30.3 Å². The Balaban J connectivity index is 2.71. The zero-order valence-corrected chi connectivity index (χ0v) is 12.0. The van der Waals surface area contributed by atoms with E-state index in [1.54, 1.807) is 20.8 Å². The Morgan fingerprint density at radius 3 is 2.30 bits per heavy atom. The topological polar surface area (TPSA) is 66.5 Å². The van der Waals surface area contributed by atoms with Crippen LogP contribution in [0.5, 0.6) is 0 Å². The molecular weight excluding hydrogens is 256 g/mol. The van der Waals surface area contributed by atoms with Gasteiger partial charge in [-0.3, -0.25) is 14.4 Å². The molecule has 108 valence electrons. The highest BCUT2D eigenvalue weighted by molar-refractivity contribution is 6.38. The molecule has 5 heteroatoms. The maximum absolute atomic E-state index is 12.0. The van der Waals surface area contributed by atoms with Crippen molar-refractivity contribution in [1.82, 2.24) is 10.2 Å². The lowest BCUT2D eigenvalue weighted by Crippen LogP contribution is -2.46. The fourth-order valence-corrected chi connectivity index (χ4v) is 1.73. The van der Waals surface area contributed by atoms with Gasteiger partial charge in [0.05, 0.1) is 6.04 Å². The largest absolute Gasteiger partial charge is 0.347 e. The summed E-state index contributed by atoms with van der Waals surface area (Å²) in [5.41, 5.74) is 0.906. The molecule has 1 aromatic carbocycles. The molecule has 0 heterocycles. The standard InChI is InChI=1S/C15H20N2O3/c1-11(2)16-15(20)14(19)12(3)17(10-18)9-13-7-5-4-6-8-13/h4-8,10-12H,9H2,1-3H3,(H,16,20). The summed E-state index contributed by atoms with van der Waals surface area (Å²) < 4.78 is 0. The number of nitrogens with one attached hydrogen (secondary N) is 1. The fraction of sp³-hybridized carbons (Fsp3) is 0.400. The molecule has 20 heavy (non-hydrogen) atoms. The molecule has 1 rings (SSSR count). The van der Waals surface area contributed by atoms with E-state index in [4.69, 9.17) is 0 Å². The number of benzene rings is 1. The molecular formula is C15H20N2O3. The van der Waals surface area contributed by atoms with E-state index in [2.05, 4.69) is 5.32 Å². The average Bonchev–Trinajstić information content (AvgIpc) is 2.43. The molecule has 1 aromatic rings. The number of amides is 2. The Kier molecular flexibility index (Phi) is 5.90. The van der Waals surface area contributed by atoms with Gasteiger partial charge < -0.3 is 10.2 Å². The van der Waals surface area contributed by atoms with Gasteiger partial charge in [-0.25, -0.2) is 0 Å². The first kappa shape index (κ1) is 15.9. The second-order valence-corrected chi connectivity index (χ2v) is 4.93. The van der Waals surface area contributed by atoms with Crippen molar-refractivity contribution in [2.24, 2.45) is 0 Å². The van der Waals surface area contributed by atoms with Gasteiger partial charge in [-0.05, 0) is 26.3 Å². The highest BCUT2D eigenvalue weighted by Gasteiger charge is 2.26. The van der Waals surface area contributed by atoms with Crippen molar-refractivity contribution in [3.63, 3.8) is 0 Å². The molecule has 5 nitrogen and oxygen atoms in total. The Bertz CT molecular complexity index is 471. The summed E-state index contributed by atoms with van der Waals surface area (Å²) in [4.78, 5) is 36.1. The smallest absolute Gasteiger partial charge is 0.289 e. The van der Waals surface area contributed by atoms with E-state index >= 15 is 0 Å². The van der Waals surface area contributed by atoms with Crippen LogP contribution in [-0.4, -0.2) is 35.1 Å². The number of nitrogens with zero attached hydrogens (tertiary/aromatic N) is 1. The first-order valence-corrected chi connectivity index (χ1v) is 6.55. The molecule has 0 radical (unpaired) electrons. The summed E-state index contributed by atoms with van der Waals surface area (Å²) in [5, 5.41) is 2.54. The van der Waals surface area contributed by atoms with E-state index < -0.39 is 17.7 Å². The zero-order valence-electron chi connectivity index (χ0n) is 12.0. The molecule has 0 bridgehead atoms. The maximum Gasteiger partial charge on any atom is 0.289 e. The fourth-order valence-electron chi connectivity index (χ4n) is 1.73. The number of carbonyl (C=O) groups is 3. The lowest BCUT2D eigenvalue weighted by atomic mass is 10.1. The monoisotopic (exact) mass is 276 g/mol. The first-order valence-electron chi connectivity index (χ1n) is 6.55. The predicted octanol–water partition coefficient (Wildman–Crippen LogP) is 1.13. The highest BCUT2D eigenvalue weighted by atomic mass is 16.2. The third-order valence-electron chi connectivity index (χ3n) is 2.86. The number of ketones is 1. The van der Waals surface area contributed by atoms with Crippen LogP contribution in [-0.2, 0) is 20.9 Å². The molecule has 1 N–H and O–H groups in total. The molecule has 0 spiro atoms. The van der Waals surface area contributed by atoms with Crippen molar-refractivity contribution in [3.8, 4) is 0 Å². The second kappa shape index (κ2) is 7.43. The summed E-state index contributed by atoms with van der Waals surface area (Å²) >= 11 is 0. The number of carbonyl (C=O) groups excluding carboxylic acids is 3. The summed E-state index contributed by atoms with van der Waals surface area (Å²) in [6, 6.07) is 8.42. The Morgan fingerprint density at radius 2 is 1.80 bits per heavy atom. The molecule has 0 aliphatic heterocycles. The van der Waals surface area contributed by atoms with Gasteiger partial charge in [0.2, 0.25) is 12.2 Å². The van der Waals surface area contributed by atoms with Gasteiger partial charge in [-0.1, -0.05) is 30.3 Å². The van der Waals surface area contributed by atoms with Gasteiger partial charge in [-0.2, -0.15) is 0 Å². The van der Waals surface area contributed by atoms with Gasteiger partial charge >= 0.3 is 0 Å². The molecule has 0 aromatic heterocycles. The van der Waals surface area contributed by atoms with E-state index in [9.17, 15) is 14.4 Å². The van der Waals surface area contributed by atoms with Gasteiger partial charge in [0.15, 0.2) is 0 Å². The van der Waals surface area contributed by atoms with Crippen LogP contribution in [0.2, 0.25) is 0 Å². The Hall–Kier alpha value is -2.17. The minimum absolute atomic E-state index is 0.113. The SMILES string of the molecule is CC(C)NC(=O)C(=O)C(C)N(C=O)Cc1ccccc1. The number of rotatable bonds is 7. The van der Waals surface area contributed by atoms with Crippen molar-refractivity contribution in [1.29, 1.82) is 0 Å². The van der Waals surface area contributed by atoms with Crippen molar-refractivity contribution in [3.05, 3.63) is 35.9 Å². The van der Waals surface area contributed by atoms with Crippen LogP contribution in [0.1, 0.15) is 26.3 Å². The van der Waals surface area contributed by atoms with Crippen LogP contribution in [0.25, 0.3) is 0 Å². The third-order valence-corrected chi connectivity index (χ3v) is 2.86. The van der Waals surface area contributed by atoms with E-state index in [-0.39, 0.29) is 6.04 Å². The molecule has 1 atom stereocenters. The minimum atomic E-state index is -0.786. The van der Waals surface area contributed by atoms with Crippen LogP contribution in [0.4, 0.5) is 0 Å². The lowest BCUT2D eigenvalue weighted by molar-refractivity contribution is -0.142. The molecule has 1 unspecified atom stereocenters. The van der Waals surface area contributed by atoms with Crippen LogP contribution < -0.4 is 5.32 Å². The molecule has 0 saturated carbocycles. The summed E-state index contributed by atoms with van der Waals surface area (Å²) in [6.45, 7) is 5.40. The third kappa shape index (κ3) is 4.50. The number of Topliss-reactive ketones (excluding diaryl/α,β-unsaturated/α-hetero) is 1. The predicted molar refractivity (Wildman–Crippen MR) is 75.8 cm³/mol. The van der Waals surface area contributed by atoms with E-state index in [0.717, 1.165) is 5.56 Å². The molecule has 0 aliphatic carbocycles. The number of hydrogen-bond acceptors (Lipinski definition) is 3. The molecule has 0 saturated heterocycles. The normalized spacial score (nSPS) is 11.8. The molecule has 2 amide bonds. The Morgan fingerprint density at radius 1 is 1.20 bits per heavy atom. The van der Waals surface area contributed by atoms with Crippen molar-refractivity contribution in [2.75, 3.05) is 0 Å². The quantitative estimate of drug-likeness (QED) is 0.599. The van der Waals surface area contributed by atoms with Crippen LogP contribution >= 0.6 is 0 Å². The van der Waals surface area contributed by atoms with Crippen LogP contribution in [0.15, 0.2) is 30.3 Å². The van der Waals surface area contributed by atoms with Gasteiger partial charge in [0.25, 0.3) is 5.91 Å².